The molecule has 0 aromatic rings. The maximum absolute atomic E-state index is 11.4. The summed E-state index contributed by atoms with van der Waals surface area (Å²) in [6, 6.07) is 0.270. The molecule has 2 aliphatic rings. The van der Waals surface area contributed by atoms with Gasteiger partial charge in [0.05, 0.1) is 12.6 Å². The number of thioether (sulfide) groups is 1. The molecule has 0 spiro atoms. The third-order valence-electron chi connectivity index (χ3n) is 2.51. The van der Waals surface area contributed by atoms with E-state index in [9.17, 15) is 4.79 Å². The maximum Gasteiger partial charge on any atom is 0.224 e. The lowest BCUT2D eigenvalue weighted by molar-refractivity contribution is -0.127. The number of nitrogens with one attached hydrogen (secondary N) is 1. The molecule has 5 heteroatoms. The van der Waals surface area contributed by atoms with E-state index in [0.717, 1.165) is 30.6 Å². The maximum atomic E-state index is 11.4. The van der Waals surface area contributed by atoms with Gasteiger partial charge in [-0.2, -0.15) is 0 Å². The van der Waals surface area contributed by atoms with E-state index in [2.05, 4.69) is 10.3 Å². The van der Waals surface area contributed by atoms with E-state index in [1.807, 2.05) is 11.8 Å². The van der Waals surface area contributed by atoms with Gasteiger partial charge in [0.15, 0.2) is 5.17 Å². The van der Waals surface area contributed by atoms with Crippen molar-refractivity contribution in [3.8, 4) is 0 Å². The third kappa shape index (κ3) is 2.03. The van der Waals surface area contributed by atoms with Gasteiger partial charge in [-0.05, 0) is 6.92 Å². The van der Waals surface area contributed by atoms with E-state index in [1.54, 1.807) is 11.8 Å². The first-order valence-electron chi connectivity index (χ1n) is 5.01. The lowest BCUT2D eigenvalue weighted by atomic mass is 10.3. The molecule has 4 nitrogen and oxygen atoms in total. The largest absolute Gasteiger partial charge is 0.360 e. The summed E-state index contributed by atoms with van der Waals surface area (Å²) < 4.78 is 0. The van der Waals surface area contributed by atoms with Crippen molar-refractivity contribution in [1.29, 1.82) is 0 Å². The van der Waals surface area contributed by atoms with Gasteiger partial charge in [-0.1, -0.05) is 11.8 Å². The van der Waals surface area contributed by atoms with Gasteiger partial charge >= 0.3 is 0 Å². The molecule has 14 heavy (non-hydrogen) atoms. The molecule has 0 aromatic heterocycles. The van der Waals surface area contributed by atoms with Crippen LogP contribution in [-0.2, 0) is 4.79 Å². The van der Waals surface area contributed by atoms with Gasteiger partial charge in [0.2, 0.25) is 5.91 Å². The molecule has 2 heterocycles. The van der Waals surface area contributed by atoms with Crippen LogP contribution in [0.1, 0.15) is 13.3 Å². The minimum Gasteiger partial charge on any atom is -0.360 e. The van der Waals surface area contributed by atoms with E-state index >= 15 is 0 Å². The van der Waals surface area contributed by atoms with Crippen LogP contribution in [0.15, 0.2) is 4.99 Å². The summed E-state index contributed by atoms with van der Waals surface area (Å²) in [6.07, 6.45) is 0.618. The number of carbonyl (C=O) groups excluding carboxylic acids is 1. The number of hydrogen-bond acceptors (Lipinski definition) is 4. The van der Waals surface area contributed by atoms with Crippen LogP contribution >= 0.6 is 11.8 Å². The molecule has 0 aromatic carbocycles. The third-order valence-corrected chi connectivity index (χ3v) is 3.42. The molecule has 1 amide bonds. The molecule has 0 aliphatic carbocycles. The molecule has 0 bridgehead atoms. The van der Waals surface area contributed by atoms with Gasteiger partial charge < -0.3 is 10.2 Å². The first-order chi connectivity index (χ1) is 6.79. The Labute approximate surface area is 88.1 Å². The Hall–Kier alpha value is -0.710. The number of hydrogen-bond donors (Lipinski definition) is 1. The van der Waals surface area contributed by atoms with Gasteiger partial charge in [0.1, 0.15) is 0 Å². The van der Waals surface area contributed by atoms with Gasteiger partial charge in [-0.15, -0.1) is 0 Å². The first kappa shape index (κ1) is 9.83. The van der Waals surface area contributed by atoms with Crippen molar-refractivity contribution in [3.05, 3.63) is 0 Å². The molecule has 2 aliphatic heterocycles. The van der Waals surface area contributed by atoms with Crippen molar-refractivity contribution >= 4 is 22.8 Å². The first-order valence-corrected chi connectivity index (χ1v) is 5.99. The predicted octanol–water partition coefficient (Wildman–Crippen LogP) is 0.300. The fraction of sp³-hybridized carbons (Fsp3) is 0.778. The Bertz CT molecular complexity index is 267. The fourth-order valence-electron chi connectivity index (χ4n) is 1.77. The minimum absolute atomic E-state index is 0.258. The zero-order chi connectivity index (χ0) is 9.97. The Morgan fingerprint density at radius 3 is 3.14 bits per heavy atom. The number of nitrogens with zero attached hydrogens (tertiary/aromatic N) is 2. The van der Waals surface area contributed by atoms with Crippen LogP contribution in [0, 0.1) is 0 Å². The molecule has 0 radical (unpaired) electrons. The molecular weight excluding hydrogens is 198 g/mol. The summed E-state index contributed by atoms with van der Waals surface area (Å²) >= 11 is 1.75. The summed E-state index contributed by atoms with van der Waals surface area (Å²) in [4.78, 5) is 17.6. The highest BCUT2D eigenvalue weighted by Gasteiger charge is 2.29. The number of carbonyl (C=O) groups is 1. The van der Waals surface area contributed by atoms with Crippen LogP contribution in [0.25, 0.3) is 0 Å². The van der Waals surface area contributed by atoms with Gasteiger partial charge in [0, 0.05) is 25.3 Å². The highest BCUT2D eigenvalue weighted by molar-refractivity contribution is 8.14. The van der Waals surface area contributed by atoms with Crippen LogP contribution in [-0.4, -0.2) is 47.4 Å². The molecule has 2 rings (SSSR count). The number of rotatable bonds is 2. The second-order valence-corrected chi connectivity index (χ2v) is 4.60. The lowest BCUT2D eigenvalue weighted by Gasteiger charge is -2.14. The lowest BCUT2D eigenvalue weighted by Crippen LogP contribution is -2.35. The fourth-order valence-corrected chi connectivity index (χ4v) is 2.58. The number of amides is 1. The van der Waals surface area contributed by atoms with Crippen molar-refractivity contribution in [2.24, 2.45) is 4.99 Å². The standard InChI is InChI=1S/C9H15N3OS/c1-2-12-6-7(5-8(12)13)11-9-10-3-4-14-9/h7H,2-6H2,1H3,(H,10,11). The van der Waals surface area contributed by atoms with E-state index < -0.39 is 0 Å². The van der Waals surface area contributed by atoms with Crippen molar-refractivity contribution in [3.63, 3.8) is 0 Å². The normalized spacial score (nSPS) is 26.9. The van der Waals surface area contributed by atoms with E-state index in [1.165, 1.54) is 0 Å². The number of likely N-dealkylation sites (tertiary alicyclic amines) is 1. The molecule has 1 saturated heterocycles. The van der Waals surface area contributed by atoms with E-state index in [-0.39, 0.29) is 11.9 Å². The predicted molar refractivity (Wildman–Crippen MR) is 58.6 cm³/mol. The summed E-state index contributed by atoms with van der Waals surface area (Å²) in [5.41, 5.74) is 0. The van der Waals surface area contributed by atoms with Crippen molar-refractivity contribution in [1.82, 2.24) is 10.2 Å². The van der Waals surface area contributed by atoms with Crippen LogP contribution in [0.4, 0.5) is 0 Å². The highest BCUT2D eigenvalue weighted by Crippen LogP contribution is 2.14. The number of likely N-dealkylation sites (N-methyl/N-ethyl adjacent to an activating group) is 1. The van der Waals surface area contributed by atoms with E-state index in [4.69, 9.17) is 0 Å². The topological polar surface area (TPSA) is 44.7 Å². The van der Waals surface area contributed by atoms with Crippen molar-refractivity contribution < 1.29 is 4.79 Å². The minimum atomic E-state index is 0.258. The molecule has 1 unspecified atom stereocenters. The summed E-state index contributed by atoms with van der Waals surface area (Å²) in [5.74, 6) is 1.33. The second-order valence-electron chi connectivity index (χ2n) is 3.51. The average molecular weight is 213 g/mol. The molecular formula is C9H15N3OS. The second kappa shape index (κ2) is 4.21. The van der Waals surface area contributed by atoms with Crippen molar-refractivity contribution in [2.75, 3.05) is 25.4 Å². The Kier molecular flexibility index (Phi) is 2.96. The summed E-state index contributed by atoms with van der Waals surface area (Å²) in [5, 5.41) is 4.34. The monoisotopic (exact) mass is 213 g/mol. The van der Waals surface area contributed by atoms with Crippen molar-refractivity contribution in [2.45, 2.75) is 19.4 Å². The van der Waals surface area contributed by atoms with Crippen LogP contribution in [0.2, 0.25) is 0 Å². The van der Waals surface area contributed by atoms with Crippen LogP contribution in [0.5, 0.6) is 0 Å². The Morgan fingerprint density at radius 2 is 2.57 bits per heavy atom. The highest BCUT2D eigenvalue weighted by atomic mass is 32.2. The SMILES string of the molecule is CCN1CC(NC2=NCCS2)CC1=O. The smallest absolute Gasteiger partial charge is 0.224 e. The molecule has 78 valence electrons. The number of aliphatic imine (C=N–C) groups is 1. The average Bonchev–Trinajstić information content (AvgIpc) is 2.76. The van der Waals surface area contributed by atoms with Crippen LogP contribution < -0.4 is 5.32 Å². The van der Waals surface area contributed by atoms with Crippen LogP contribution in [0.3, 0.4) is 0 Å². The quantitative estimate of drug-likeness (QED) is 0.717. The number of amidine groups is 1. The van der Waals surface area contributed by atoms with Gasteiger partial charge in [0.25, 0.3) is 0 Å². The zero-order valence-corrected chi connectivity index (χ0v) is 9.14. The Balaban J connectivity index is 1.86. The summed E-state index contributed by atoms with van der Waals surface area (Å²) in [7, 11) is 0. The molecule has 0 saturated carbocycles. The summed E-state index contributed by atoms with van der Waals surface area (Å²) in [6.45, 7) is 4.57. The van der Waals surface area contributed by atoms with Gasteiger partial charge in [-0.25, -0.2) is 0 Å². The van der Waals surface area contributed by atoms with E-state index in [0.29, 0.717) is 6.42 Å². The Morgan fingerprint density at radius 1 is 1.71 bits per heavy atom. The van der Waals surface area contributed by atoms with Gasteiger partial charge in [-0.3, -0.25) is 9.79 Å². The zero-order valence-electron chi connectivity index (χ0n) is 8.32. The molecule has 1 atom stereocenters. The molecule has 1 N–H and O–H groups in total. The molecule has 1 fully saturated rings.